The maximum absolute atomic E-state index is 11.8. The molecule has 0 unspecified atom stereocenters. The van der Waals surface area contributed by atoms with Gasteiger partial charge in [0.05, 0.1) is 19.4 Å². The second-order valence-corrected chi connectivity index (χ2v) is 4.06. The number of carboxylic acid groups (broad SMARTS) is 1. The summed E-state index contributed by atoms with van der Waals surface area (Å²) in [6.45, 7) is 1.78. The Morgan fingerprint density at radius 1 is 1.38 bits per heavy atom. The largest absolute Gasteiger partial charge is 0.497 e. The summed E-state index contributed by atoms with van der Waals surface area (Å²) >= 11 is 0. The molecule has 0 aliphatic carbocycles. The van der Waals surface area contributed by atoms with E-state index in [2.05, 4.69) is 5.10 Å². The van der Waals surface area contributed by atoms with Gasteiger partial charge in [-0.15, -0.1) is 0 Å². The Bertz CT molecular complexity index is 678. The van der Waals surface area contributed by atoms with Crippen molar-refractivity contribution in [3.63, 3.8) is 0 Å². The number of aromatic nitrogens is 2. The van der Waals surface area contributed by atoms with E-state index in [1.807, 2.05) is 0 Å². The summed E-state index contributed by atoms with van der Waals surface area (Å²) in [7, 11) is 1.52. The van der Waals surface area contributed by atoms with Gasteiger partial charge >= 0.3 is 11.9 Å². The van der Waals surface area contributed by atoms with Crippen molar-refractivity contribution in [2.75, 3.05) is 13.7 Å². The molecule has 2 rings (SSSR count). The number of hydrogen-bond donors (Lipinski definition) is 1. The van der Waals surface area contributed by atoms with E-state index in [-0.39, 0.29) is 17.9 Å². The number of methoxy groups -OCH3 is 1. The Hall–Kier alpha value is -2.83. The van der Waals surface area contributed by atoms with Crippen LogP contribution in [0.4, 0.5) is 0 Å². The molecule has 21 heavy (non-hydrogen) atoms. The fraction of sp³-hybridized carbons (Fsp3) is 0.214. The second kappa shape index (κ2) is 6.08. The number of ether oxygens (including phenoxy) is 2. The molecule has 0 saturated carbocycles. The van der Waals surface area contributed by atoms with Crippen LogP contribution in [0.15, 0.2) is 30.5 Å². The van der Waals surface area contributed by atoms with Crippen molar-refractivity contribution < 1.29 is 24.2 Å². The summed E-state index contributed by atoms with van der Waals surface area (Å²) in [4.78, 5) is 23.0. The van der Waals surface area contributed by atoms with E-state index in [1.165, 1.54) is 18.0 Å². The number of esters is 1. The van der Waals surface area contributed by atoms with Gasteiger partial charge in [0.15, 0.2) is 5.69 Å². The number of carbonyl (C=O) groups excluding carboxylic acids is 1. The van der Waals surface area contributed by atoms with Crippen LogP contribution in [-0.4, -0.2) is 40.5 Å². The number of hydrogen-bond acceptors (Lipinski definition) is 5. The highest BCUT2D eigenvalue weighted by Crippen LogP contribution is 2.18. The fourth-order valence-electron chi connectivity index (χ4n) is 1.77. The van der Waals surface area contributed by atoms with Crippen LogP contribution in [0.2, 0.25) is 0 Å². The lowest BCUT2D eigenvalue weighted by Crippen LogP contribution is -2.11. The van der Waals surface area contributed by atoms with E-state index in [0.29, 0.717) is 11.4 Å². The molecular formula is C14H14N2O5. The summed E-state index contributed by atoms with van der Waals surface area (Å²) in [5.41, 5.74) is 0.135. The lowest BCUT2D eigenvalue weighted by molar-refractivity contribution is 0.0507. The van der Waals surface area contributed by atoms with Gasteiger partial charge in [0.25, 0.3) is 0 Å². The van der Waals surface area contributed by atoms with Crippen molar-refractivity contribution in [3.05, 3.63) is 41.7 Å². The number of carboxylic acids is 1. The average Bonchev–Trinajstić information content (AvgIpc) is 2.93. The maximum Gasteiger partial charge on any atom is 0.359 e. The van der Waals surface area contributed by atoms with E-state index in [0.717, 1.165) is 0 Å². The Balaban J connectivity index is 2.48. The molecule has 0 radical (unpaired) electrons. The predicted molar refractivity (Wildman–Crippen MR) is 73.0 cm³/mol. The van der Waals surface area contributed by atoms with E-state index < -0.39 is 11.9 Å². The lowest BCUT2D eigenvalue weighted by Gasteiger charge is -2.04. The van der Waals surface area contributed by atoms with Crippen molar-refractivity contribution in [2.45, 2.75) is 6.92 Å². The first-order valence-electron chi connectivity index (χ1n) is 6.21. The van der Waals surface area contributed by atoms with E-state index in [4.69, 9.17) is 14.6 Å². The SMILES string of the molecule is CCOC(=O)c1nn(-c2cccc(OC)c2)cc1C(=O)O. The summed E-state index contributed by atoms with van der Waals surface area (Å²) in [5, 5.41) is 13.2. The topological polar surface area (TPSA) is 90.6 Å². The van der Waals surface area contributed by atoms with Crippen molar-refractivity contribution in [1.82, 2.24) is 9.78 Å². The summed E-state index contributed by atoms with van der Waals surface area (Å²) < 4.78 is 11.2. The zero-order chi connectivity index (χ0) is 15.4. The fourth-order valence-corrected chi connectivity index (χ4v) is 1.77. The number of benzene rings is 1. The van der Waals surface area contributed by atoms with Gasteiger partial charge in [-0.3, -0.25) is 0 Å². The number of nitrogens with zero attached hydrogens (tertiary/aromatic N) is 2. The predicted octanol–water partition coefficient (Wildman–Crippen LogP) is 1.76. The monoisotopic (exact) mass is 290 g/mol. The average molecular weight is 290 g/mol. The minimum absolute atomic E-state index is 0.143. The van der Waals surface area contributed by atoms with Crippen molar-refractivity contribution in [2.24, 2.45) is 0 Å². The second-order valence-electron chi connectivity index (χ2n) is 4.06. The lowest BCUT2D eigenvalue weighted by atomic mass is 10.2. The molecule has 1 N–H and O–H groups in total. The van der Waals surface area contributed by atoms with Crippen LogP contribution in [0.3, 0.4) is 0 Å². The van der Waals surface area contributed by atoms with Gasteiger partial charge in [0, 0.05) is 12.3 Å². The van der Waals surface area contributed by atoms with Crippen LogP contribution in [0.5, 0.6) is 5.75 Å². The Labute approximate surface area is 120 Å². The highest BCUT2D eigenvalue weighted by atomic mass is 16.5. The molecular weight excluding hydrogens is 276 g/mol. The molecule has 0 saturated heterocycles. The highest BCUT2D eigenvalue weighted by Gasteiger charge is 2.23. The third-order valence-electron chi connectivity index (χ3n) is 2.73. The van der Waals surface area contributed by atoms with Crippen LogP contribution in [0.25, 0.3) is 5.69 Å². The molecule has 0 aliphatic rings. The van der Waals surface area contributed by atoms with Crippen LogP contribution < -0.4 is 4.74 Å². The van der Waals surface area contributed by atoms with E-state index in [1.54, 1.807) is 31.2 Å². The van der Waals surface area contributed by atoms with Crippen LogP contribution in [0.1, 0.15) is 27.8 Å². The zero-order valence-electron chi connectivity index (χ0n) is 11.6. The van der Waals surface area contributed by atoms with E-state index >= 15 is 0 Å². The third-order valence-corrected chi connectivity index (χ3v) is 2.73. The molecule has 7 nitrogen and oxygen atoms in total. The Morgan fingerprint density at radius 3 is 2.76 bits per heavy atom. The van der Waals surface area contributed by atoms with Crippen molar-refractivity contribution in [3.8, 4) is 11.4 Å². The number of carbonyl (C=O) groups is 2. The van der Waals surface area contributed by atoms with Crippen molar-refractivity contribution in [1.29, 1.82) is 0 Å². The molecule has 0 amide bonds. The van der Waals surface area contributed by atoms with Crippen LogP contribution >= 0.6 is 0 Å². The molecule has 0 atom stereocenters. The molecule has 0 spiro atoms. The molecule has 1 aromatic carbocycles. The number of rotatable bonds is 5. The van der Waals surface area contributed by atoms with E-state index in [9.17, 15) is 9.59 Å². The molecule has 7 heteroatoms. The van der Waals surface area contributed by atoms with Gasteiger partial charge in [-0.05, 0) is 19.1 Å². The first kappa shape index (κ1) is 14.6. The zero-order valence-corrected chi connectivity index (χ0v) is 11.6. The van der Waals surface area contributed by atoms with Gasteiger partial charge in [0.1, 0.15) is 11.3 Å². The van der Waals surface area contributed by atoms with Gasteiger partial charge < -0.3 is 14.6 Å². The summed E-state index contributed by atoms with van der Waals surface area (Å²) in [5.74, 6) is -1.42. The molecule has 1 aromatic heterocycles. The highest BCUT2D eigenvalue weighted by molar-refractivity contribution is 6.00. The first-order valence-corrected chi connectivity index (χ1v) is 6.21. The minimum atomic E-state index is -1.24. The standard InChI is InChI=1S/C14H14N2O5/c1-3-21-14(19)12-11(13(17)18)8-16(15-12)9-5-4-6-10(7-9)20-2/h4-8H,3H2,1-2H3,(H,17,18). The smallest absolute Gasteiger partial charge is 0.359 e. The molecule has 1 heterocycles. The normalized spacial score (nSPS) is 10.2. The molecule has 0 fully saturated rings. The van der Waals surface area contributed by atoms with Crippen molar-refractivity contribution >= 4 is 11.9 Å². The number of aromatic carboxylic acids is 1. The molecule has 0 aliphatic heterocycles. The van der Waals surface area contributed by atoms with Gasteiger partial charge in [0.2, 0.25) is 0 Å². The summed E-state index contributed by atoms with van der Waals surface area (Å²) in [6.07, 6.45) is 1.27. The first-order chi connectivity index (χ1) is 10.1. The Morgan fingerprint density at radius 2 is 2.14 bits per heavy atom. The Kier molecular flexibility index (Phi) is 4.22. The maximum atomic E-state index is 11.8. The van der Waals surface area contributed by atoms with Crippen LogP contribution in [-0.2, 0) is 4.74 Å². The van der Waals surface area contributed by atoms with Gasteiger partial charge in [-0.2, -0.15) is 5.10 Å². The molecule has 110 valence electrons. The quantitative estimate of drug-likeness (QED) is 0.844. The molecule has 0 bridgehead atoms. The third kappa shape index (κ3) is 3.02. The van der Waals surface area contributed by atoms with Gasteiger partial charge in [-0.1, -0.05) is 6.07 Å². The summed E-state index contributed by atoms with van der Waals surface area (Å²) in [6, 6.07) is 6.88. The van der Waals surface area contributed by atoms with Gasteiger partial charge in [-0.25, -0.2) is 14.3 Å². The molecule has 2 aromatic rings. The van der Waals surface area contributed by atoms with Crippen LogP contribution in [0, 0.1) is 0 Å². The minimum Gasteiger partial charge on any atom is -0.497 e.